The Labute approximate surface area is 158 Å². The minimum atomic E-state index is -0.393. The van der Waals surface area contributed by atoms with Crippen molar-refractivity contribution < 1.29 is 9.72 Å². The van der Waals surface area contributed by atoms with Gasteiger partial charge in [0.15, 0.2) is 0 Å². The fourth-order valence-electron chi connectivity index (χ4n) is 3.45. The molecule has 26 heavy (non-hydrogen) atoms. The summed E-state index contributed by atoms with van der Waals surface area (Å²) in [7, 11) is 0. The lowest BCUT2D eigenvalue weighted by atomic mass is 10.1. The molecule has 0 unspecified atom stereocenters. The number of benzene rings is 1. The van der Waals surface area contributed by atoms with Crippen LogP contribution in [0, 0.1) is 23.0 Å². The Bertz CT molecular complexity index is 708. The summed E-state index contributed by atoms with van der Waals surface area (Å²) in [6, 6.07) is 3.30. The molecule has 1 N–H and O–H groups in total. The molecule has 0 bridgehead atoms. The molecule has 1 aliphatic heterocycles. The SMILES string of the molecule is Cc1c(CN2CCN(C(=O)NCC3CC3)[C@@H](C)C2)cc(Cl)cc1[N+](=O)[O-]. The third-order valence-electron chi connectivity index (χ3n) is 5.25. The number of urea groups is 1. The molecule has 1 aromatic carbocycles. The molecule has 1 aromatic rings. The molecule has 1 saturated carbocycles. The van der Waals surface area contributed by atoms with Crippen LogP contribution in [0.2, 0.25) is 5.02 Å². The van der Waals surface area contributed by atoms with E-state index in [4.69, 9.17) is 11.6 Å². The minimum absolute atomic E-state index is 0.0126. The van der Waals surface area contributed by atoms with Gasteiger partial charge in [-0.25, -0.2) is 4.79 Å². The number of amides is 2. The molecule has 1 atom stereocenters. The second kappa shape index (κ2) is 7.80. The summed E-state index contributed by atoms with van der Waals surface area (Å²) in [5.74, 6) is 0.664. The maximum atomic E-state index is 12.3. The third kappa shape index (κ3) is 4.45. The van der Waals surface area contributed by atoms with Crippen LogP contribution in [-0.2, 0) is 6.54 Å². The van der Waals surface area contributed by atoms with Crippen molar-refractivity contribution in [1.29, 1.82) is 0 Å². The lowest BCUT2D eigenvalue weighted by Crippen LogP contribution is -2.56. The van der Waals surface area contributed by atoms with E-state index < -0.39 is 4.92 Å². The van der Waals surface area contributed by atoms with Crippen LogP contribution in [0.15, 0.2) is 12.1 Å². The third-order valence-corrected chi connectivity index (χ3v) is 5.47. The number of carbonyl (C=O) groups excluding carboxylic acids is 1. The van der Waals surface area contributed by atoms with E-state index in [1.165, 1.54) is 18.9 Å². The smallest absolute Gasteiger partial charge is 0.317 e. The summed E-state index contributed by atoms with van der Waals surface area (Å²) in [6.45, 7) is 7.29. The van der Waals surface area contributed by atoms with Gasteiger partial charge in [0.2, 0.25) is 0 Å². The number of nitrogens with zero attached hydrogens (tertiary/aromatic N) is 3. The van der Waals surface area contributed by atoms with Crippen LogP contribution in [0.4, 0.5) is 10.5 Å². The van der Waals surface area contributed by atoms with E-state index in [0.717, 1.165) is 25.2 Å². The van der Waals surface area contributed by atoms with Gasteiger partial charge in [-0.2, -0.15) is 0 Å². The maximum Gasteiger partial charge on any atom is 0.317 e. The van der Waals surface area contributed by atoms with Crippen molar-refractivity contribution >= 4 is 23.3 Å². The lowest BCUT2D eigenvalue weighted by molar-refractivity contribution is -0.385. The Hall–Kier alpha value is -1.86. The van der Waals surface area contributed by atoms with E-state index >= 15 is 0 Å². The van der Waals surface area contributed by atoms with E-state index in [2.05, 4.69) is 10.2 Å². The van der Waals surface area contributed by atoms with Gasteiger partial charge in [-0.15, -0.1) is 0 Å². The van der Waals surface area contributed by atoms with Crippen LogP contribution in [0.5, 0.6) is 0 Å². The highest BCUT2D eigenvalue weighted by atomic mass is 35.5. The first-order valence-electron chi connectivity index (χ1n) is 9.05. The number of piperazine rings is 1. The van der Waals surface area contributed by atoms with Gasteiger partial charge >= 0.3 is 6.03 Å². The highest BCUT2D eigenvalue weighted by Crippen LogP contribution is 2.29. The van der Waals surface area contributed by atoms with Crippen molar-refractivity contribution in [3.05, 3.63) is 38.4 Å². The highest BCUT2D eigenvalue weighted by Gasteiger charge is 2.29. The summed E-state index contributed by atoms with van der Waals surface area (Å²) in [5.41, 5.74) is 1.57. The number of nitrogens with one attached hydrogen (secondary N) is 1. The van der Waals surface area contributed by atoms with Crippen LogP contribution >= 0.6 is 11.6 Å². The van der Waals surface area contributed by atoms with Crippen molar-refractivity contribution in [2.75, 3.05) is 26.2 Å². The quantitative estimate of drug-likeness (QED) is 0.628. The first-order chi connectivity index (χ1) is 12.3. The number of rotatable bonds is 5. The zero-order valence-electron chi connectivity index (χ0n) is 15.2. The fourth-order valence-corrected chi connectivity index (χ4v) is 3.68. The monoisotopic (exact) mass is 380 g/mol. The minimum Gasteiger partial charge on any atom is -0.338 e. The normalized spacial score (nSPS) is 20.9. The number of halogens is 1. The number of nitro groups is 1. The standard InChI is InChI=1S/C18H25ClN4O3/c1-12-10-21(5-6-22(12)18(24)20-9-14-3-4-14)11-15-7-16(19)8-17(13(15)2)23(25)26/h7-8,12,14H,3-6,9-11H2,1-2H3,(H,20,24)/t12-/m0/s1. The molecule has 1 saturated heterocycles. The van der Waals surface area contributed by atoms with Gasteiger partial charge in [-0.1, -0.05) is 11.6 Å². The molecule has 2 aliphatic rings. The molecule has 0 spiro atoms. The van der Waals surface area contributed by atoms with Gasteiger partial charge < -0.3 is 10.2 Å². The fraction of sp³-hybridized carbons (Fsp3) is 0.611. The van der Waals surface area contributed by atoms with Crippen LogP contribution in [0.3, 0.4) is 0 Å². The summed E-state index contributed by atoms with van der Waals surface area (Å²) in [4.78, 5) is 27.2. The number of nitro benzene ring substituents is 1. The van der Waals surface area contributed by atoms with Crippen molar-refractivity contribution in [1.82, 2.24) is 15.1 Å². The lowest BCUT2D eigenvalue weighted by Gasteiger charge is -2.40. The van der Waals surface area contributed by atoms with E-state index in [-0.39, 0.29) is 17.8 Å². The van der Waals surface area contributed by atoms with Gasteiger partial charge in [0.05, 0.1) is 4.92 Å². The molecule has 1 heterocycles. The zero-order chi connectivity index (χ0) is 18.8. The van der Waals surface area contributed by atoms with Crippen molar-refractivity contribution in [2.45, 2.75) is 39.3 Å². The number of carbonyl (C=O) groups is 1. The van der Waals surface area contributed by atoms with Gasteiger partial charge in [0.25, 0.3) is 5.69 Å². The summed E-state index contributed by atoms with van der Waals surface area (Å²) in [6.07, 6.45) is 2.43. The van der Waals surface area contributed by atoms with E-state index in [1.54, 1.807) is 13.0 Å². The Balaban J connectivity index is 1.60. The average molecular weight is 381 g/mol. The molecular formula is C18H25ClN4O3. The molecule has 2 amide bonds. The van der Waals surface area contributed by atoms with Crippen molar-refractivity contribution in [3.8, 4) is 0 Å². The van der Waals surface area contributed by atoms with Crippen molar-refractivity contribution in [3.63, 3.8) is 0 Å². The molecule has 7 nitrogen and oxygen atoms in total. The predicted molar refractivity (Wildman–Crippen MR) is 100 cm³/mol. The summed E-state index contributed by atoms with van der Waals surface area (Å²) in [5, 5.41) is 14.6. The highest BCUT2D eigenvalue weighted by molar-refractivity contribution is 6.30. The molecule has 2 fully saturated rings. The largest absolute Gasteiger partial charge is 0.338 e. The zero-order valence-corrected chi connectivity index (χ0v) is 16.0. The van der Waals surface area contributed by atoms with Gasteiger partial charge in [0.1, 0.15) is 0 Å². The average Bonchev–Trinajstić information content (AvgIpc) is 3.40. The molecule has 0 aromatic heterocycles. The van der Waals surface area contributed by atoms with Crippen LogP contribution in [0.25, 0.3) is 0 Å². The molecule has 0 radical (unpaired) electrons. The first-order valence-corrected chi connectivity index (χ1v) is 9.43. The van der Waals surface area contributed by atoms with Gasteiger partial charge in [0, 0.05) is 55.4 Å². The van der Waals surface area contributed by atoms with Gasteiger partial charge in [-0.3, -0.25) is 15.0 Å². The molecule has 142 valence electrons. The van der Waals surface area contributed by atoms with Gasteiger partial charge in [-0.05, 0) is 44.2 Å². The Morgan fingerprint density at radius 1 is 1.38 bits per heavy atom. The van der Waals surface area contributed by atoms with Crippen LogP contribution < -0.4 is 5.32 Å². The molecular weight excluding hydrogens is 356 g/mol. The van der Waals surface area contributed by atoms with E-state index in [0.29, 0.717) is 29.6 Å². The topological polar surface area (TPSA) is 78.7 Å². The Kier molecular flexibility index (Phi) is 5.67. The van der Waals surface area contributed by atoms with Crippen molar-refractivity contribution in [2.24, 2.45) is 5.92 Å². The summed E-state index contributed by atoms with van der Waals surface area (Å²) < 4.78 is 0. The van der Waals surface area contributed by atoms with E-state index in [1.807, 2.05) is 11.8 Å². The predicted octanol–water partition coefficient (Wildman–Crippen LogP) is 3.18. The Morgan fingerprint density at radius 3 is 2.73 bits per heavy atom. The Morgan fingerprint density at radius 2 is 2.12 bits per heavy atom. The summed E-state index contributed by atoms with van der Waals surface area (Å²) >= 11 is 6.06. The number of hydrogen-bond acceptors (Lipinski definition) is 4. The molecule has 1 aliphatic carbocycles. The first kappa shape index (κ1) is 18.9. The van der Waals surface area contributed by atoms with E-state index in [9.17, 15) is 14.9 Å². The maximum absolute atomic E-state index is 12.3. The number of hydrogen-bond donors (Lipinski definition) is 1. The van der Waals surface area contributed by atoms with Crippen LogP contribution in [0.1, 0.15) is 30.9 Å². The van der Waals surface area contributed by atoms with Crippen LogP contribution in [-0.4, -0.2) is 53.0 Å². The molecule has 8 heteroatoms. The second-order valence-corrected chi connectivity index (χ2v) is 7.81. The molecule has 3 rings (SSSR count). The second-order valence-electron chi connectivity index (χ2n) is 7.37.